The number of imide groups is 1. The monoisotopic (exact) mass is 251 g/mol. The van der Waals surface area contributed by atoms with Gasteiger partial charge >= 0.3 is 0 Å². The highest BCUT2D eigenvalue weighted by Crippen LogP contribution is 2.22. The number of rotatable bonds is 5. The van der Waals surface area contributed by atoms with Gasteiger partial charge in [0.15, 0.2) is 0 Å². The predicted octanol–water partition coefficient (Wildman–Crippen LogP) is 1.39. The van der Waals surface area contributed by atoms with E-state index >= 15 is 0 Å². The van der Waals surface area contributed by atoms with Crippen LogP contribution in [0.25, 0.3) is 0 Å². The number of halogens is 1. The molecule has 0 radical (unpaired) electrons. The van der Waals surface area contributed by atoms with Crippen LogP contribution in [0.5, 0.6) is 0 Å². The average Bonchev–Trinajstić information content (AvgIpc) is 2.64. The normalized spacial score (nSPS) is 16.0. The Morgan fingerprint density at radius 1 is 1.17 bits per heavy atom. The first-order chi connectivity index (χ1) is 8.65. The first kappa shape index (κ1) is 12.7. The maximum absolute atomic E-state index is 12.1. The van der Waals surface area contributed by atoms with Crippen LogP contribution in [0.1, 0.15) is 33.6 Å². The maximum Gasteiger partial charge on any atom is 0.261 e. The van der Waals surface area contributed by atoms with Crippen LogP contribution >= 0.6 is 0 Å². The second-order valence-corrected chi connectivity index (χ2v) is 4.26. The summed E-state index contributed by atoms with van der Waals surface area (Å²) in [7, 11) is 0. The molecular formula is C13H14FNO3. The van der Waals surface area contributed by atoms with Crippen LogP contribution in [0, 0.1) is 0 Å². The molecule has 2 amide bonds. The SMILES string of the molecule is O=C1c2ccccc2C(=O)N1CCCC(O)CF. The van der Waals surface area contributed by atoms with Gasteiger partial charge in [-0.15, -0.1) is 0 Å². The zero-order valence-corrected chi connectivity index (χ0v) is 9.80. The Hall–Kier alpha value is -1.75. The molecule has 1 aliphatic heterocycles. The Bertz CT molecular complexity index is 440. The van der Waals surface area contributed by atoms with E-state index in [1.165, 1.54) is 0 Å². The van der Waals surface area contributed by atoms with Gasteiger partial charge in [-0.05, 0) is 25.0 Å². The van der Waals surface area contributed by atoms with E-state index in [0.29, 0.717) is 17.5 Å². The summed E-state index contributed by atoms with van der Waals surface area (Å²) < 4.78 is 12.1. The topological polar surface area (TPSA) is 57.6 Å². The number of hydrogen-bond donors (Lipinski definition) is 1. The van der Waals surface area contributed by atoms with Crippen molar-refractivity contribution in [2.45, 2.75) is 18.9 Å². The molecule has 0 fully saturated rings. The van der Waals surface area contributed by atoms with Crippen LogP contribution in [0.15, 0.2) is 24.3 Å². The molecule has 1 aliphatic rings. The number of aliphatic hydroxyl groups excluding tert-OH is 1. The molecule has 1 atom stereocenters. The number of nitrogens with zero attached hydrogens (tertiary/aromatic N) is 1. The molecule has 5 heteroatoms. The van der Waals surface area contributed by atoms with E-state index in [1.54, 1.807) is 24.3 Å². The molecule has 0 spiro atoms. The summed E-state index contributed by atoms with van der Waals surface area (Å²) in [4.78, 5) is 25.0. The van der Waals surface area contributed by atoms with Gasteiger partial charge in [0, 0.05) is 6.54 Å². The van der Waals surface area contributed by atoms with Gasteiger partial charge in [0.25, 0.3) is 11.8 Å². The molecule has 96 valence electrons. The van der Waals surface area contributed by atoms with Crippen LogP contribution in [-0.2, 0) is 0 Å². The highest BCUT2D eigenvalue weighted by atomic mass is 19.1. The van der Waals surface area contributed by atoms with Crippen molar-refractivity contribution in [3.05, 3.63) is 35.4 Å². The predicted molar refractivity (Wildman–Crippen MR) is 63.0 cm³/mol. The molecule has 0 bridgehead atoms. The molecule has 2 rings (SSSR count). The standard InChI is InChI=1S/C13H14FNO3/c14-8-9(16)4-3-7-15-12(17)10-5-1-2-6-11(10)13(15)18/h1-2,5-6,9,16H,3-4,7-8H2. The molecule has 0 aromatic heterocycles. The third kappa shape index (κ3) is 2.26. The second kappa shape index (κ2) is 5.27. The van der Waals surface area contributed by atoms with E-state index < -0.39 is 12.8 Å². The highest BCUT2D eigenvalue weighted by molar-refractivity contribution is 6.21. The van der Waals surface area contributed by atoms with E-state index in [4.69, 9.17) is 5.11 Å². The average molecular weight is 251 g/mol. The van der Waals surface area contributed by atoms with Gasteiger partial charge in [0.05, 0.1) is 17.2 Å². The van der Waals surface area contributed by atoms with Crippen LogP contribution in [0.3, 0.4) is 0 Å². The molecule has 1 N–H and O–H groups in total. The fraction of sp³-hybridized carbons (Fsp3) is 0.385. The van der Waals surface area contributed by atoms with E-state index in [-0.39, 0.29) is 24.8 Å². The van der Waals surface area contributed by atoms with Crippen molar-refractivity contribution in [2.24, 2.45) is 0 Å². The Balaban J connectivity index is 2.01. The largest absolute Gasteiger partial charge is 0.390 e. The summed E-state index contributed by atoms with van der Waals surface area (Å²) in [6.07, 6.45) is -0.374. The lowest BCUT2D eigenvalue weighted by molar-refractivity contribution is 0.0636. The first-order valence-corrected chi connectivity index (χ1v) is 5.84. The van der Waals surface area contributed by atoms with E-state index in [0.717, 1.165) is 4.90 Å². The Kier molecular flexibility index (Phi) is 3.72. The fourth-order valence-electron chi connectivity index (χ4n) is 2.00. The summed E-state index contributed by atoms with van der Waals surface area (Å²) >= 11 is 0. The van der Waals surface area contributed by atoms with Crippen molar-refractivity contribution in [3.8, 4) is 0 Å². The summed E-state index contributed by atoms with van der Waals surface area (Å²) in [5.74, 6) is -0.629. The molecule has 0 aliphatic carbocycles. The van der Waals surface area contributed by atoms with Crippen LogP contribution < -0.4 is 0 Å². The van der Waals surface area contributed by atoms with Crippen molar-refractivity contribution < 1.29 is 19.1 Å². The second-order valence-electron chi connectivity index (χ2n) is 4.26. The fourth-order valence-corrected chi connectivity index (χ4v) is 2.00. The van der Waals surface area contributed by atoms with Crippen LogP contribution in [0.2, 0.25) is 0 Å². The minimum atomic E-state index is -1.01. The first-order valence-electron chi connectivity index (χ1n) is 5.84. The summed E-state index contributed by atoms with van der Waals surface area (Å²) in [5.41, 5.74) is 0.821. The molecular weight excluding hydrogens is 237 g/mol. The molecule has 1 aromatic carbocycles. The smallest absolute Gasteiger partial charge is 0.261 e. The van der Waals surface area contributed by atoms with Crippen molar-refractivity contribution in [3.63, 3.8) is 0 Å². The molecule has 4 nitrogen and oxygen atoms in total. The molecule has 0 saturated carbocycles. The lowest BCUT2D eigenvalue weighted by Crippen LogP contribution is -2.31. The number of carbonyl (C=O) groups excluding carboxylic acids is 2. The number of amides is 2. The Morgan fingerprint density at radius 3 is 2.22 bits per heavy atom. The van der Waals surface area contributed by atoms with Gasteiger partial charge in [-0.1, -0.05) is 12.1 Å². The number of alkyl halides is 1. The third-order valence-corrected chi connectivity index (χ3v) is 2.98. The number of hydrogen-bond acceptors (Lipinski definition) is 3. The van der Waals surface area contributed by atoms with Gasteiger partial charge in [0.2, 0.25) is 0 Å². The third-order valence-electron chi connectivity index (χ3n) is 2.98. The van der Waals surface area contributed by atoms with Gasteiger partial charge in [-0.2, -0.15) is 0 Å². The van der Waals surface area contributed by atoms with Crippen LogP contribution in [-0.4, -0.2) is 41.1 Å². The lowest BCUT2D eigenvalue weighted by atomic mass is 10.1. The van der Waals surface area contributed by atoms with Gasteiger partial charge < -0.3 is 5.11 Å². The van der Waals surface area contributed by atoms with Crippen molar-refractivity contribution in [2.75, 3.05) is 13.2 Å². The molecule has 1 heterocycles. The molecule has 18 heavy (non-hydrogen) atoms. The van der Waals surface area contributed by atoms with Crippen molar-refractivity contribution >= 4 is 11.8 Å². The molecule has 0 saturated heterocycles. The minimum absolute atomic E-state index is 0.212. The van der Waals surface area contributed by atoms with Gasteiger partial charge in [-0.3, -0.25) is 14.5 Å². The van der Waals surface area contributed by atoms with E-state index in [9.17, 15) is 14.0 Å². The maximum atomic E-state index is 12.1. The summed E-state index contributed by atoms with van der Waals surface area (Å²) in [5, 5.41) is 9.07. The Labute approximate surface area is 104 Å². The van der Waals surface area contributed by atoms with Gasteiger partial charge in [-0.25, -0.2) is 4.39 Å². The summed E-state index contributed by atoms with van der Waals surface area (Å²) in [6, 6.07) is 6.65. The summed E-state index contributed by atoms with van der Waals surface area (Å²) in [6.45, 7) is -0.592. The number of carbonyl (C=O) groups is 2. The number of fused-ring (bicyclic) bond motifs is 1. The highest BCUT2D eigenvalue weighted by Gasteiger charge is 2.34. The molecule has 1 aromatic rings. The van der Waals surface area contributed by atoms with E-state index in [1.807, 2.05) is 0 Å². The van der Waals surface area contributed by atoms with Gasteiger partial charge in [0.1, 0.15) is 6.67 Å². The lowest BCUT2D eigenvalue weighted by Gasteiger charge is -2.14. The molecule has 1 unspecified atom stereocenters. The Morgan fingerprint density at radius 2 is 1.72 bits per heavy atom. The quantitative estimate of drug-likeness (QED) is 0.805. The number of benzene rings is 1. The number of aliphatic hydroxyl groups is 1. The zero-order chi connectivity index (χ0) is 13.1. The van der Waals surface area contributed by atoms with Crippen molar-refractivity contribution in [1.29, 1.82) is 0 Å². The zero-order valence-electron chi connectivity index (χ0n) is 9.80. The van der Waals surface area contributed by atoms with Crippen LogP contribution in [0.4, 0.5) is 4.39 Å². The van der Waals surface area contributed by atoms with E-state index in [2.05, 4.69) is 0 Å². The minimum Gasteiger partial charge on any atom is -0.390 e. The van der Waals surface area contributed by atoms with Crippen molar-refractivity contribution in [1.82, 2.24) is 4.90 Å².